The number of carbonyl (C=O) groups is 1. The number of nitrogens with two attached hydrogens (primary N) is 1. The molecule has 2 rings (SSSR count). The van der Waals surface area contributed by atoms with Gasteiger partial charge in [-0.3, -0.25) is 4.79 Å². The van der Waals surface area contributed by atoms with E-state index in [0.717, 1.165) is 28.0 Å². The summed E-state index contributed by atoms with van der Waals surface area (Å²) in [5.74, 6) is -0.136. The van der Waals surface area contributed by atoms with Crippen molar-refractivity contribution in [3.8, 4) is 16.9 Å². The zero-order valence-electron chi connectivity index (χ0n) is 13.2. The highest BCUT2D eigenvalue weighted by Crippen LogP contribution is 2.34. The third kappa shape index (κ3) is 4.20. The first kappa shape index (κ1) is 16.8. The summed E-state index contributed by atoms with van der Waals surface area (Å²) in [5, 5.41) is 8.91. The maximum absolute atomic E-state index is 10.9. The van der Waals surface area contributed by atoms with E-state index >= 15 is 0 Å². The average molecular weight is 311 g/mol. The number of carboxylic acid groups (broad SMARTS) is 1. The number of ether oxygens (including phenoxy) is 1. The van der Waals surface area contributed by atoms with Gasteiger partial charge in [-0.05, 0) is 35.7 Å². The molecule has 120 valence electrons. The van der Waals surface area contributed by atoms with Crippen molar-refractivity contribution in [1.29, 1.82) is 0 Å². The van der Waals surface area contributed by atoms with Crippen LogP contribution in [0.1, 0.15) is 23.6 Å². The molecule has 3 N–H and O–H groups in total. The van der Waals surface area contributed by atoms with E-state index in [9.17, 15) is 4.79 Å². The fourth-order valence-corrected chi connectivity index (χ4v) is 2.51. The first-order valence-corrected chi connectivity index (χ1v) is 7.44. The molecule has 0 fully saturated rings. The Morgan fingerprint density at radius 2 is 2.09 bits per heavy atom. The average Bonchev–Trinajstić information content (AvgIpc) is 2.52. The lowest BCUT2D eigenvalue weighted by Crippen LogP contribution is -2.14. The fourth-order valence-electron chi connectivity index (χ4n) is 2.51. The Labute approximate surface area is 136 Å². The molecule has 4 nitrogen and oxygen atoms in total. The molecule has 0 amide bonds. The van der Waals surface area contributed by atoms with Crippen LogP contribution in [-0.4, -0.2) is 17.7 Å². The Bertz CT molecular complexity index is 710. The van der Waals surface area contributed by atoms with Crippen LogP contribution in [0, 0.1) is 6.92 Å². The van der Waals surface area contributed by atoms with E-state index < -0.39 is 12.0 Å². The number of benzene rings is 2. The number of aryl methyl sites for hydroxylation is 1. The summed E-state index contributed by atoms with van der Waals surface area (Å²) in [7, 11) is 0. The second-order valence-corrected chi connectivity index (χ2v) is 5.38. The van der Waals surface area contributed by atoms with Crippen LogP contribution in [-0.2, 0) is 4.79 Å². The summed E-state index contributed by atoms with van der Waals surface area (Å²) in [6, 6.07) is 13.0. The Balaban J connectivity index is 2.42. The van der Waals surface area contributed by atoms with Crippen LogP contribution in [0.4, 0.5) is 0 Å². The second-order valence-electron chi connectivity index (χ2n) is 5.38. The first-order chi connectivity index (χ1) is 11.0. The van der Waals surface area contributed by atoms with Crippen LogP contribution >= 0.6 is 0 Å². The van der Waals surface area contributed by atoms with E-state index in [4.69, 9.17) is 15.6 Å². The van der Waals surface area contributed by atoms with Gasteiger partial charge in [0, 0.05) is 11.6 Å². The van der Waals surface area contributed by atoms with Crippen molar-refractivity contribution in [3.05, 3.63) is 66.2 Å². The lowest BCUT2D eigenvalue weighted by Gasteiger charge is -2.16. The molecule has 0 saturated carbocycles. The molecular weight excluding hydrogens is 290 g/mol. The van der Waals surface area contributed by atoms with Crippen molar-refractivity contribution in [3.63, 3.8) is 0 Å². The van der Waals surface area contributed by atoms with Crippen molar-refractivity contribution in [2.75, 3.05) is 6.61 Å². The van der Waals surface area contributed by atoms with Gasteiger partial charge in [0.05, 0.1) is 6.42 Å². The van der Waals surface area contributed by atoms with Gasteiger partial charge >= 0.3 is 5.97 Å². The molecule has 0 radical (unpaired) electrons. The van der Waals surface area contributed by atoms with Gasteiger partial charge in [0.1, 0.15) is 12.4 Å². The molecule has 0 aromatic heterocycles. The molecule has 0 spiro atoms. The summed E-state index contributed by atoms with van der Waals surface area (Å²) in [4.78, 5) is 10.9. The third-order valence-corrected chi connectivity index (χ3v) is 3.59. The zero-order chi connectivity index (χ0) is 16.8. The summed E-state index contributed by atoms with van der Waals surface area (Å²) < 4.78 is 5.74. The summed E-state index contributed by atoms with van der Waals surface area (Å²) in [6.07, 6.45) is 1.60. The minimum Gasteiger partial charge on any atom is -0.489 e. The van der Waals surface area contributed by atoms with Crippen LogP contribution in [0.25, 0.3) is 11.1 Å². The number of hydrogen-bond donors (Lipinski definition) is 2. The Kier molecular flexibility index (Phi) is 5.55. The second kappa shape index (κ2) is 7.61. The zero-order valence-corrected chi connectivity index (χ0v) is 13.2. The molecular formula is C19H21NO3. The molecule has 0 unspecified atom stereocenters. The van der Waals surface area contributed by atoms with Crippen LogP contribution in [0.5, 0.6) is 5.75 Å². The number of hydrogen-bond acceptors (Lipinski definition) is 3. The van der Waals surface area contributed by atoms with Crippen molar-refractivity contribution < 1.29 is 14.6 Å². The molecule has 2 aromatic carbocycles. The fraction of sp³-hybridized carbons (Fsp3) is 0.211. The summed E-state index contributed by atoms with van der Waals surface area (Å²) in [5.41, 5.74) is 9.79. The Morgan fingerprint density at radius 3 is 2.78 bits per heavy atom. The first-order valence-electron chi connectivity index (χ1n) is 7.44. The molecule has 0 bridgehead atoms. The van der Waals surface area contributed by atoms with Crippen LogP contribution in [0.2, 0.25) is 0 Å². The van der Waals surface area contributed by atoms with Crippen molar-refractivity contribution in [1.82, 2.24) is 0 Å². The highest BCUT2D eigenvalue weighted by Gasteiger charge is 2.14. The number of rotatable bonds is 7. The smallest absolute Gasteiger partial charge is 0.305 e. The largest absolute Gasteiger partial charge is 0.489 e. The van der Waals surface area contributed by atoms with E-state index in [1.807, 2.05) is 49.4 Å². The van der Waals surface area contributed by atoms with Crippen molar-refractivity contribution in [2.24, 2.45) is 5.73 Å². The molecule has 0 aliphatic rings. The van der Waals surface area contributed by atoms with Gasteiger partial charge < -0.3 is 15.6 Å². The SMILES string of the molecule is C=CCOc1cccc(C)c1-c1cccc([C@@H](N)CC(=O)O)c1. The summed E-state index contributed by atoms with van der Waals surface area (Å²) >= 11 is 0. The quantitative estimate of drug-likeness (QED) is 0.765. The van der Waals surface area contributed by atoms with Gasteiger partial charge in [-0.15, -0.1) is 0 Å². The van der Waals surface area contributed by atoms with E-state index in [-0.39, 0.29) is 6.42 Å². The van der Waals surface area contributed by atoms with E-state index in [0.29, 0.717) is 6.61 Å². The predicted octanol–water partition coefficient (Wildman–Crippen LogP) is 3.70. The van der Waals surface area contributed by atoms with E-state index in [1.54, 1.807) is 6.08 Å². The van der Waals surface area contributed by atoms with Gasteiger partial charge in [-0.1, -0.05) is 43.0 Å². The summed E-state index contributed by atoms with van der Waals surface area (Å²) in [6.45, 7) is 6.11. The molecule has 0 aliphatic carbocycles. The molecule has 4 heteroatoms. The van der Waals surface area contributed by atoms with Gasteiger partial charge in [0.2, 0.25) is 0 Å². The molecule has 2 aromatic rings. The lowest BCUT2D eigenvalue weighted by atomic mass is 9.95. The van der Waals surface area contributed by atoms with Gasteiger partial charge in [-0.2, -0.15) is 0 Å². The molecule has 0 saturated heterocycles. The van der Waals surface area contributed by atoms with Crippen LogP contribution in [0.3, 0.4) is 0 Å². The van der Waals surface area contributed by atoms with Crippen molar-refractivity contribution in [2.45, 2.75) is 19.4 Å². The van der Waals surface area contributed by atoms with E-state index in [2.05, 4.69) is 6.58 Å². The maximum atomic E-state index is 10.9. The van der Waals surface area contributed by atoms with Crippen LogP contribution < -0.4 is 10.5 Å². The number of aliphatic carboxylic acids is 1. The highest BCUT2D eigenvalue weighted by molar-refractivity contribution is 5.75. The standard InChI is InChI=1S/C19H21NO3/c1-3-10-23-17-9-4-6-13(2)19(17)15-8-5-7-14(11-15)16(20)12-18(21)22/h3-9,11,16H,1,10,12,20H2,2H3,(H,21,22)/t16-/m0/s1. The topological polar surface area (TPSA) is 72.5 Å². The molecule has 23 heavy (non-hydrogen) atoms. The molecule has 0 heterocycles. The van der Waals surface area contributed by atoms with Crippen LogP contribution in [0.15, 0.2) is 55.1 Å². The highest BCUT2D eigenvalue weighted by atomic mass is 16.5. The minimum absolute atomic E-state index is 0.100. The lowest BCUT2D eigenvalue weighted by molar-refractivity contribution is -0.137. The Hall–Kier alpha value is -2.59. The molecule has 1 atom stereocenters. The third-order valence-electron chi connectivity index (χ3n) is 3.59. The van der Waals surface area contributed by atoms with Crippen molar-refractivity contribution >= 4 is 5.97 Å². The maximum Gasteiger partial charge on any atom is 0.305 e. The minimum atomic E-state index is -0.909. The normalized spacial score (nSPS) is 11.7. The predicted molar refractivity (Wildman–Crippen MR) is 91.5 cm³/mol. The van der Waals surface area contributed by atoms with E-state index in [1.165, 1.54) is 0 Å². The van der Waals surface area contributed by atoms with Gasteiger partial charge in [0.15, 0.2) is 0 Å². The number of carboxylic acids is 1. The molecule has 0 aliphatic heterocycles. The van der Waals surface area contributed by atoms with Gasteiger partial charge in [0.25, 0.3) is 0 Å². The van der Waals surface area contributed by atoms with Gasteiger partial charge in [-0.25, -0.2) is 0 Å². The Morgan fingerprint density at radius 1 is 1.35 bits per heavy atom. The monoisotopic (exact) mass is 311 g/mol.